The molecule has 1 aromatic rings. The van der Waals surface area contributed by atoms with Crippen LogP contribution in [-0.2, 0) is 21.3 Å². The van der Waals surface area contributed by atoms with Crippen molar-refractivity contribution in [1.82, 2.24) is 10.2 Å². The molecule has 1 unspecified atom stereocenters. The molecule has 0 aliphatic carbocycles. The molecule has 0 amide bonds. The number of nitrogens with one attached hydrogen (secondary N) is 1. The van der Waals surface area contributed by atoms with E-state index in [1.807, 2.05) is 0 Å². The predicted molar refractivity (Wildman–Crippen MR) is 107 cm³/mol. The van der Waals surface area contributed by atoms with Gasteiger partial charge in [0.05, 0.1) is 11.5 Å². The van der Waals surface area contributed by atoms with E-state index in [-0.39, 0.29) is 34.3 Å². The summed E-state index contributed by atoms with van der Waals surface area (Å²) < 4.78 is 28.1. The van der Waals surface area contributed by atoms with Gasteiger partial charge in [-0.3, -0.25) is 4.99 Å². The van der Waals surface area contributed by atoms with Crippen molar-refractivity contribution in [1.29, 1.82) is 0 Å². The van der Waals surface area contributed by atoms with Crippen LogP contribution >= 0.6 is 24.0 Å². The molecule has 1 aromatic carbocycles. The summed E-state index contributed by atoms with van der Waals surface area (Å²) in [4.78, 5) is 6.77. The second-order valence-electron chi connectivity index (χ2n) is 6.56. The Labute approximate surface area is 166 Å². The Morgan fingerprint density at radius 2 is 2.08 bits per heavy atom. The number of hydrogen-bond acceptors (Lipinski definition) is 4. The fourth-order valence-electron chi connectivity index (χ4n) is 3.40. The lowest BCUT2D eigenvalue weighted by molar-refractivity contribution is 0.156. The number of ether oxygens (including phenoxy) is 1. The van der Waals surface area contributed by atoms with Crippen LogP contribution in [0.15, 0.2) is 34.2 Å². The number of benzene rings is 1. The number of aliphatic imine (C=N–C) groups is 1. The lowest BCUT2D eigenvalue weighted by Crippen LogP contribution is -2.41. The summed E-state index contributed by atoms with van der Waals surface area (Å²) in [5.74, 6) is 0.870. The number of halogens is 1. The third-order valence-corrected chi connectivity index (χ3v) is 5.77. The summed E-state index contributed by atoms with van der Waals surface area (Å²) in [6.07, 6.45) is 2.26. The monoisotopic (exact) mass is 480 g/mol. The third kappa shape index (κ3) is 4.83. The summed E-state index contributed by atoms with van der Waals surface area (Å²) in [5.41, 5.74) is 1.26. The first kappa shape index (κ1) is 20.4. The first-order valence-electron chi connectivity index (χ1n) is 8.07. The maximum absolute atomic E-state index is 11.3. The molecule has 2 aliphatic heterocycles. The average Bonchev–Trinajstić information content (AvgIpc) is 3.18. The molecule has 2 fully saturated rings. The van der Waals surface area contributed by atoms with Crippen LogP contribution in [-0.4, -0.2) is 52.6 Å². The van der Waals surface area contributed by atoms with Gasteiger partial charge in [0.15, 0.2) is 5.96 Å². The van der Waals surface area contributed by atoms with E-state index in [1.54, 1.807) is 19.2 Å². The molecule has 0 aromatic heterocycles. The van der Waals surface area contributed by atoms with Gasteiger partial charge in [-0.05, 0) is 30.5 Å². The Morgan fingerprint density at radius 3 is 2.64 bits per heavy atom. The van der Waals surface area contributed by atoms with Gasteiger partial charge in [0, 0.05) is 38.7 Å². The Kier molecular flexibility index (Phi) is 6.68. The van der Waals surface area contributed by atoms with Crippen molar-refractivity contribution < 1.29 is 13.2 Å². The molecule has 25 heavy (non-hydrogen) atoms. The van der Waals surface area contributed by atoms with Crippen LogP contribution in [0.4, 0.5) is 0 Å². The fraction of sp³-hybridized carbons (Fsp3) is 0.562. The van der Waals surface area contributed by atoms with E-state index < -0.39 is 10.0 Å². The van der Waals surface area contributed by atoms with E-state index >= 15 is 0 Å². The second kappa shape index (κ2) is 8.19. The molecule has 2 aliphatic rings. The lowest BCUT2D eigenvalue weighted by atomic mass is 9.87. The molecule has 2 heterocycles. The first-order chi connectivity index (χ1) is 11.4. The zero-order valence-corrected chi connectivity index (χ0v) is 17.4. The zero-order chi connectivity index (χ0) is 17.2. The van der Waals surface area contributed by atoms with E-state index in [1.165, 1.54) is 12.1 Å². The number of sulfonamides is 1. The molecule has 3 rings (SSSR count). The Morgan fingerprint density at radius 1 is 1.36 bits per heavy atom. The molecular formula is C16H25IN4O3S. The van der Waals surface area contributed by atoms with E-state index in [0.717, 1.165) is 50.7 Å². The minimum atomic E-state index is -3.65. The van der Waals surface area contributed by atoms with E-state index in [9.17, 15) is 8.42 Å². The number of nitrogens with zero attached hydrogens (tertiary/aromatic N) is 2. The molecule has 140 valence electrons. The summed E-state index contributed by atoms with van der Waals surface area (Å²) in [6, 6.07) is 6.57. The van der Waals surface area contributed by atoms with Crippen LogP contribution in [0, 0.1) is 5.41 Å². The summed E-state index contributed by atoms with van der Waals surface area (Å²) in [7, 11) is -1.87. The maximum Gasteiger partial charge on any atom is 0.238 e. The van der Waals surface area contributed by atoms with E-state index in [0.29, 0.717) is 6.54 Å². The quantitative estimate of drug-likeness (QED) is 0.384. The highest BCUT2D eigenvalue weighted by Gasteiger charge is 2.42. The summed E-state index contributed by atoms with van der Waals surface area (Å²) >= 11 is 0. The highest BCUT2D eigenvalue weighted by Crippen LogP contribution is 2.38. The standard InChI is InChI=1S/C16H24N4O3S.HI/c1-18-15(20-8-6-16(11-20)7-9-23-12-16)19-10-13-2-4-14(5-3-13)24(17,21)22;/h2-5H,6-12H2,1H3,(H,18,19)(H2,17,21,22);1H. The van der Waals surface area contributed by atoms with Gasteiger partial charge in [-0.25, -0.2) is 13.6 Å². The van der Waals surface area contributed by atoms with Gasteiger partial charge in [0.1, 0.15) is 0 Å². The topological polar surface area (TPSA) is 97.0 Å². The molecule has 1 atom stereocenters. The molecule has 2 saturated heterocycles. The number of guanidine groups is 1. The van der Waals surface area contributed by atoms with E-state index in [4.69, 9.17) is 9.88 Å². The van der Waals surface area contributed by atoms with Crippen LogP contribution < -0.4 is 10.5 Å². The van der Waals surface area contributed by atoms with Crippen molar-refractivity contribution in [3.05, 3.63) is 29.8 Å². The lowest BCUT2D eigenvalue weighted by Gasteiger charge is -2.25. The highest BCUT2D eigenvalue weighted by atomic mass is 127. The van der Waals surface area contributed by atoms with Crippen molar-refractivity contribution in [3.8, 4) is 0 Å². The smallest absolute Gasteiger partial charge is 0.238 e. The third-order valence-electron chi connectivity index (χ3n) is 4.84. The van der Waals surface area contributed by atoms with Crippen molar-refractivity contribution >= 4 is 40.0 Å². The van der Waals surface area contributed by atoms with Gasteiger partial charge in [-0.2, -0.15) is 0 Å². The van der Waals surface area contributed by atoms with Crippen LogP contribution in [0.3, 0.4) is 0 Å². The summed E-state index contributed by atoms with van der Waals surface area (Å²) in [6.45, 7) is 4.23. The van der Waals surface area contributed by atoms with Crippen molar-refractivity contribution in [2.75, 3.05) is 33.4 Å². The second-order valence-corrected chi connectivity index (χ2v) is 8.13. The van der Waals surface area contributed by atoms with Gasteiger partial charge >= 0.3 is 0 Å². The Balaban J connectivity index is 0.00000225. The molecular weight excluding hydrogens is 455 g/mol. The number of rotatable bonds is 3. The van der Waals surface area contributed by atoms with Gasteiger partial charge in [-0.1, -0.05) is 12.1 Å². The average molecular weight is 480 g/mol. The normalized spacial score (nSPS) is 23.8. The SMILES string of the molecule is CN=C(NCc1ccc(S(N)(=O)=O)cc1)N1CCC2(CCOC2)C1.I. The Hall–Kier alpha value is -0.910. The molecule has 9 heteroatoms. The van der Waals surface area contributed by atoms with Gasteiger partial charge in [0.25, 0.3) is 0 Å². The summed E-state index contributed by atoms with van der Waals surface area (Å²) in [5, 5.41) is 8.46. The fourth-order valence-corrected chi connectivity index (χ4v) is 3.91. The van der Waals surface area contributed by atoms with Crippen LogP contribution in [0.5, 0.6) is 0 Å². The largest absolute Gasteiger partial charge is 0.381 e. The molecule has 0 radical (unpaired) electrons. The number of nitrogens with two attached hydrogens (primary N) is 1. The van der Waals surface area contributed by atoms with Crippen molar-refractivity contribution in [3.63, 3.8) is 0 Å². The van der Waals surface area contributed by atoms with Crippen LogP contribution in [0.25, 0.3) is 0 Å². The van der Waals surface area contributed by atoms with Gasteiger partial charge in [0.2, 0.25) is 10.0 Å². The molecule has 0 bridgehead atoms. The number of hydrogen-bond donors (Lipinski definition) is 2. The predicted octanol–water partition coefficient (Wildman–Crippen LogP) is 1.14. The highest BCUT2D eigenvalue weighted by molar-refractivity contribution is 14.0. The molecule has 3 N–H and O–H groups in total. The Bertz CT molecular complexity index is 715. The van der Waals surface area contributed by atoms with Crippen molar-refractivity contribution in [2.45, 2.75) is 24.3 Å². The van der Waals surface area contributed by atoms with E-state index in [2.05, 4.69) is 15.2 Å². The van der Waals surface area contributed by atoms with Gasteiger partial charge in [-0.15, -0.1) is 24.0 Å². The molecule has 0 saturated carbocycles. The zero-order valence-electron chi connectivity index (χ0n) is 14.3. The van der Waals surface area contributed by atoms with Gasteiger partial charge < -0.3 is 15.0 Å². The van der Waals surface area contributed by atoms with Crippen LogP contribution in [0.2, 0.25) is 0 Å². The first-order valence-corrected chi connectivity index (χ1v) is 9.62. The maximum atomic E-state index is 11.3. The minimum Gasteiger partial charge on any atom is -0.381 e. The van der Waals surface area contributed by atoms with Crippen LogP contribution in [0.1, 0.15) is 18.4 Å². The molecule has 7 nitrogen and oxygen atoms in total. The number of likely N-dealkylation sites (tertiary alicyclic amines) is 1. The van der Waals surface area contributed by atoms with Crippen molar-refractivity contribution in [2.24, 2.45) is 15.5 Å². The number of primary sulfonamides is 1. The molecule has 1 spiro atoms. The minimum absolute atomic E-state index is 0.